The summed E-state index contributed by atoms with van der Waals surface area (Å²) in [7, 11) is -2.21. The van der Waals surface area contributed by atoms with Crippen molar-refractivity contribution in [2.45, 2.75) is 26.2 Å². The zero-order chi connectivity index (χ0) is 29.1. The van der Waals surface area contributed by atoms with Gasteiger partial charge in [-0.1, -0.05) is 32.4 Å². The van der Waals surface area contributed by atoms with Crippen LogP contribution in [0.4, 0.5) is 17.3 Å². The number of piperazine rings is 1. The topological polar surface area (TPSA) is 135 Å². The first-order valence-corrected chi connectivity index (χ1v) is 14.9. The van der Waals surface area contributed by atoms with Gasteiger partial charge < -0.3 is 25.0 Å². The Morgan fingerprint density at radius 3 is 2.45 bits per heavy atom. The lowest BCUT2D eigenvalue weighted by atomic mass is 9.86. The van der Waals surface area contributed by atoms with Gasteiger partial charge in [-0.15, -0.1) is 0 Å². The van der Waals surface area contributed by atoms with Gasteiger partial charge in [0, 0.05) is 44.0 Å². The van der Waals surface area contributed by atoms with Gasteiger partial charge in [0.15, 0.2) is 5.75 Å². The Labute approximate surface area is 239 Å². The van der Waals surface area contributed by atoms with E-state index in [-0.39, 0.29) is 28.2 Å². The Balaban J connectivity index is 1.62. The Morgan fingerprint density at radius 2 is 1.80 bits per heavy atom. The summed E-state index contributed by atoms with van der Waals surface area (Å²) < 4.78 is 38.0. The number of methoxy groups -OCH3 is 1. The first-order valence-electron chi connectivity index (χ1n) is 12.6. The molecule has 1 aliphatic heterocycles. The van der Waals surface area contributed by atoms with Crippen molar-refractivity contribution in [3.8, 4) is 17.4 Å². The molecule has 4 rings (SSSR count). The van der Waals surface area contributed by atoms with Crippen LogP contribution in [0, 0.1) is 0 Å². The predicted octanol–water partition coefficient (Wildman–Crippen LogP) is 4.26. The van der Waals surface area contributed by atoms with E-state index in [1.54, 1.807) is 36.5 Å². The molecule has 1 amide bonds. The molecule has 0 radical (unpaired) electrons. The summed E-state index contributed by atoms with van der Waals surface area (Å²) >= 11 is 6.40. The van der Waals surface area contributed by atoms with Crippen LogP contribution in [0.5, 0.6) is 17.4 Å². The van der Waals surface area contributed by atoms with Gasteiger partial charge in [0.05, 0.1) is 29.8 Å². The summed E-state index contributed by atoms with van der Waals surface area (Å²) in [5.74, 6) is 0.792. The third-order valence-corrected chi connectivity index (χ3v) is 7.03. The van der Waals surface area contributed by atoms with Crippen LogP contribution in [0.25, 0.3) is 0 Å². The van der Waals surface area contributed by atoms with Crippen LogP contribution in [0.15, 0.2) is 42.6 Å². The summed E-state index contributed by atoms with van der Waals surface area (Å²) in [6.07, 6.45) is 2.66. The fourth-order valence-corrected chi connectivity index (χ4v) is 4.79. The van der Waals surface area contributed by atoms with Crippen LogP contribution in [0.1, 0.15) is 36.7 Å². The van der Waals surface area contributed by atoms with E-state index in [2.05, 4.69) is 30.2 Å². The third kappa shape index (κ3) is 7.32. The van der Waals surface area contributed by atoms with Crippen molar-refractivity contribution in [3.05, 3.63) is 58.7 Å². The average Bonchev–Trinajstić information content (AvgIpc) is 2.89. The molecule has 214 valence electrons. The standard InChI is InChI=1S/C27H33ClN6O5S/c1-27(2,3)18-15-20(24(38-4)21(16-18)33-40(5,36)37)31-25(35)17-6-7-19(28)22(14-17)39-23-8-9-30-26(32-23)34-12-10-29-11-13-34/h6-9,14-16,29,33H,10-13H2,1-5H3,(H,31,35). The summed E-state index contributed by atoms with van der Waals surface area (Å²) in [6, 6.07) is 9.71. The Kier molecular flexibility index (Phi) is 8.71. The van der Waals surface area contributed by atoms with Crippen molar-refractivity contribution in [2.24, 2.45) is 0 Å². The second-order valence-electron chi connectivity index (χ2n) is 10.4. The Morgan fingerprint density at radius 1 is 1.10 bits per heavy atom. The number of aromatic nitrogens is 2. The molecule has 0 spiro atoms. The molecule has 3 aromatic rings. The number of rotatable bonds is 8. The maximum absolute atomic E-state index is 13.4. The molecule has 11 nitrogen and oxygen atoms in total. The van der Waals surface area contributed by atoms with E-state index in [0.29, 0.717) is 22.5 Å². The van der Waals surface area contributed by atoms with Gasteiger partial charge >= 0.3 is 0 Å². The second kappa shape index (κ2) is 11.9. The molecule has 13 heteroatoms. The van der Waals surface area contributed by atoms with Gasteiger partial charge in [-0.3, -0.25) is 9.52 Å². The minimum Gasteiger partial charge on any atom is -0.492 e. The van der Waals surface area contributed by atoms with Crippen LogP contribution in [-0.4, -0.2) is 63.8 Å². The molecule has 3 N–H and O–H groups in total. The van der Waals surface area contributed by atoms with E-state index in [9.17, 15) is 13.2 Å². The number of ether oxygens (including phenoxy) is 2. The molecule has 1 saturated heterocycles. The molecule has 1 aliphatic rings. The predicted molar refractivity (Wildman–Crippen MR) is 157 cm³/mol. The van der Waals surface area contributed by atoms with Gasteiger partial charge in [-0.05, 0) is 41.3 Å². The van der Waals surface area contributed by atoms with Crippen LogP contribution >= 0.6 is 11.6 Å². The SMILES string of the molecule is COc1c(NC(=O)c2ccc(Cl)c(Oc3ccnc(N4CCNCC4)n3)c2)cc(C(C)(C)C)cc1NS(C)(=O)=O. The van der Waals surface area contributed by atoms with Gasteiger partial charge in [-0.25, -0.2) is 13.4 Å². The molecule has 2 aromatic carbocycles. The number of benzene rings is 2. The number of nitrogens with zero attached hydrogens (tertiary/aromatic N) is 3. The minimum absolute atomic E-state index is 0.179. The minimum atomic E-state index is -3.61. The molecule has 1 aromatic heterocycles. The van der Waals surface area contributed by atoms with Gasteiger partial charge in [0.1, 0.15) is 5.75 Å². The Hall–Kier alpha value is -3.61. The number of nitrogens with one attached hydrogen (secondary N) is 3. The van der Waals surface area contributed by atoms with Gasteiger partial charge in [0.2, 0.25) is 21.9 Å². The van der Waals surface area contributed by atoms with Crippen molar-refractivity contribution in [2.75, 3.05) is 54.5 Å². The Bertz CT molecular complexity index is 1500. The highest BCUT2D eigenvalue weighted by Crippen LogP contribution is 2.39. The molecule has 1 fully saturated rings. The van der Waals surface area contributed by atoms with E-state index in [4.69, 9.17) is 21.1 Å². The fourth-order valence-electron chi connectivity index (χ4n) is 4.09. The quantitative estimate of drug-likeness (QED) is 0.353. The lowest BCUT2D eigenvalue weighted by molar-refractivity contribution is 0.102. The summed E-state index contributed by atoms with van der Waals surface area (Å²) in [5, 5.41) is 6.43. The summed E-state index contributed by atoms with van der Waals surface area (Å²) in [4.78, 5) is 24.3. The van der Waals surface area contributed by atoms with Crippen molar-refractivity contribution in [3.63, 3.8) is 0 Å². The number of carbonyl (C=O) groups is 1. The molecule has 0 bridgehead atoms. The molecule has 0 saturated carbocycles. The molecule has 40 heavy (non-hydrogen) atoms. The number of amides is 1. The average molecular weight is 589 g/mol. The maximum atomic E-state index is 13.4. The van der Waals surface area contributed by atoms with Crippen molar-refractivity contribution in [1.82, 2.24) is 15.3 Å². The molecule has 0 unspecified atom stereocenters. The molecular formula is C27H33ClN6O5S. The van der Waals surface area contributed by atoms with Crippen LogP contribution < -0.4 is 29.7 Å². The number of hydrogen-bond acceptors (Lipinski definition) is 9. The largest absolute Gasteiger partial charge is 0.492 e. The third-order valence-electron chi connectivity index (χ3n) is 6.13. The number of halogens is 1. The van der Waals surface area contributed by atoms with Crippen LogP contribution in [0.2, 0.25) is 5.02 Å². The number of anilines is 3. The van der Waals surface area contributed by atoms with E-state index in [1.807, 2.05) is 20.8 Å². The highest BCUT2D eigenvalue weighted by molar-refractivity contribution is 7.92. The van der Waals surface area contributed by atoms with Crippen molar-refractivity contribution >= 4 is 44.9 Å². The normalized spacial score (nSPS) is 14.0. The zero-order valence-electron chi connectivity index (χ0n) is 23.0. The monoisotopic (exact) mass is 588 g/mol. The maximum Gasteiger partial charge on any atom is 0.255 e. The van der Waals surface area contributed by atoms with Gasteiger partial charge in [-0.2, -0.15) is 4.98 Å². The van der Waals surface area contributed by atoms with E-state index in [1.165, 1.54) is 13.2 Å². The van der Waals surface area contributed by atoms with E-state index in [0.717, 1.165) is 38.0 Å². The highest BCUT2D eigenvalue weighted by atomic mass is 35.5. The first-order chi connectivity index (χ1) is 18.8. The lowest BCUT2D eigenvalue weighted by Gasteiger charge is -2.27. The molecule has 0 aliphatic carbocycles. The molecule has 2 heterocycles. The number of hydrogen-bond donors (Lipinski definition) is 3. The lowest BCUT2D eigenvalue weighted by Crippen LogP contribution is -2.44. The summed E-state index contributed by atoms with van der Waals surface area (Å²) in [5.41, 5.74) is 1.23. The van der Waals surface area contributed by atoms with Crippen molar-refractivity contribution in [1.29, 1.82) is 0 Å². The molecular weight excluding hydrogens is 556 g/mol. The smallest absolute Gasteiger partial charge is 0.255 e. The second-order valence-corrected chi connectivity index (χ2v) is 12.5. The number of carbonyl (C=O) groups excluding carboxylic acids is 1. The van der Waals surface area contributed by atoms with Gasteiger partial charge in [0.25, 0.3) is 5.91 Å². The molecule has 0 atom stereocenters. The number of sulfonamides is 1. The first kappa shape index (κ1) is 29.4. The van der Waals surface area contributed by atoms with E-state index >= 15 is 0 Å². The van der Waals surface area contributed by atoms with Crippen LogP contribution in [0.3, 0.4) is 0 Å². The summed E-state index contributed by atoms with van der Waals surface area (Å²) in [6.45, 7) is 9.18. The van der Waals surface area contributed by atoms with Crippen LogP contribution in [-0.2, 0) is 15.4 Å². The fraction of sp³-hybridized carbons (Fsp3) is 0.370. The van der Waals surface area contributed by atoms with Crippen molar-refractivity contribution < 1.29 is 22.7 Å². The zero-order valence-corrected chi connectivity index (χ0v) is 24.6. The van der Waals surface area contributed by atoms with E-state index < -0.39 is 15.9 Å². The highest BCUT2D eigenvalue weighted by Gasteiger charge is 2.23.